The lowest BCUT2D eigenvalue weighted by atomic mass is 9.72. The summed E-state index contributed by atoms with van der Waals surface area (Å²) in [6.45, 7) is 2.97. The third-order valence-corrected chi connectivity index (χ3v) is 12.5. The number of rotatable bonds is 15. The molecule has 1 saturated carbocycles. The summed E-state index contributed by atoms with van der Waals surface area (Å²) in [6, 6.07) is 22.0. The molecule has 0 bridgehead atoms. The number of ether oxygens (including phenoxy) is 6. The van der Waals surface area contributed by atoms with Crippen molar-refractivity contribution in [2.24, 2.45) is 11.8 Å². The van der Waals surface area contributed by atoms with Gasteiger partial charge in [-0.1, -0.05) is 19.1 Å². The van der Waals surface area contributed by atoms with Gasteiger partial charge in [-0.3, -0.25) is 5.32 Å². The van der Waals surface area contributed by atoms with E-state index in [0.717, 1.165) is 76.3 Å². The first-order chi connectivity index (χ1) is 29.2. The summed E-state index contributed by atoms with van der Waals surface area (Å²) in [7, 11) is 5.12. The molecule has 11 heteroatoms. The second-order valence-corrected chi connectivity index (χ2v) is 16.3. The molecule has 0 saturated heterocycles. The Balaban J connectivity index is 1.23. The first kappa shape index (κ1) is 41.5. The van der Waals surface area contributed by atoms with Gasteiger partial charge in [0.05, 0.1) is 38.8 Å². The Morgan fingerprint density at radius 3 is 2.40 bits per heavy atom. The smallest absolute Gasteiger partial charge is 0.133 e. The minimum atomic E-state index is -0.985. The molecule has 5 aromatic carbocycles. The van der Waals surface area contributed by atoms with Gasteiger partial charge in [0, 0.05) is 59.4 Å². The number of benzene rings is 5. The van der Waals surface area contributed by atoms with Crippen molar-refractivity contribution in [2.45, 2.75) is 82.7 Å². The summed E-state index contributed by atoms with van der Waals surface area (Å²) in [5.74, 6) is 2.13. The van der Waals surface area contributed by atoms with Crippen molar-refractivity contribution in [2.75, 3.05) is 41.2 Å². The maximum atomic E-state index is 12.8. The molecule has 60 heavy (non-hydrogen) atoms. The maximum Gasteiger partial charge on any atom is 0.133 e. The van der Waals surface area contributed by atoms with Crippen LogP contribution in [0.15, 0.2) is 72.8 Å². The van der Waals surface area contributed by atoms with Crippen molar-refractivity contribution in [3.8, 4) is 51.4 Å². The normalized spacial score (nSPS) is 21.2. The van der Waals surface area contributed by atoms with Crippen LogP contribution >= 0.6 is 0 Å². The molecule has 3 aliphatic rings. The minimum absolute atomic E-state index is 0.0727. The van der Waals surface area contributed by atoms with E-state index in [9.17, 15) is 20.4 Å². The summed E-state index contributed by atoms with van der Waals surface area (Å²) >= 11 is 0. The van der Waals surface area contributed by atoms with Crippen LogP contribution in [0, 0.1) is 11.8 Å². The molecule has 0 aromatic heterocycles. The highest BCUT2D eigenvalue weighted by molar-refractivity contribution is 5.96. The van der Waals surface area contributed by atoms with E-state index < -0.39 is 24.2 Å². The number of aliphatic hydroxyl groups is 1. The Morgan fingerprint density at radius 2 is 1.65 bits per heavy atom. The summed E-state index contributed by atoms with van der Waals surface area (Å²) < 4.78 is 38.6. The molecule has 0 amide bonds. The molecule has 0 unspecified atom stereocenters. The van der Waals surface area contributed by atoms with E-state index in [1.54, 1.807) is 38.5 Å². The fourth-order valence-electron chi connectivity index (χ4n) is 9.63. The Bertz CT molecular complexity index is 2310. The molecule has 2 heterocycles. The highest BCUT2D eigenvalue weighted by Gasteiger charge is 2.49. The number of nitrogens with one attached hydrogen (secondary N) is 1. The molecule has 1 fully saturated rings. The molecule has 11 nitrogen and oxygen atoms in total. The van der Waals surface area contributed by atoms with Gasteiger partial charge in [-0.05, 0) is 135 Å². The van der Waals surface area contributed by atoms with E-state index >= 15 is 0 Å². The molecular weight excluding hydrogens is 763 g/mol. The van der Waals surface area contributed by atoms with Crippen molar-refractivity contribution in [3.05, 3.63) is 101 Å². The number of fused-ring (bicyclic) bond motifs is 4. The van der Waals surface area contributed by atoms with Gasteiger partial charge < -0.3 is 48.8 Å². The minimum Gasteiger partial charge on any atom is -0.508 e. The average Bonchev–Trinajstić information content (AvgIpc) is 3.76. The number of phenols is 3. The molecule has 5 N–H and O–H groups in total. The van der Waals surface area contributed by atoms with E-state index in [1.807, 2.05) is 62.5 Å². The molecule has 318 valence electrons. The molecule has 1 aliphatic carbocycles. The van der Waals surface area contributed by atoms with Crippen LogP contribution in [0.2, 0.25) is 0 Å². The summed E-state index contributed by atoms with van der Waals surface area (Å²) in [6.07, 6.45) is 4.66. The molecule has 2 aliphatic heterocycles. The number of aliphatic hydroxyl groups excluding tert-OH is 1. The van der Waals surface area contributed by atoms with E-state index in [-0.39, 0.29) is 42.6 Å². The van der Waals surface area contributed by atoms with Crippen LogP contribution in [0.1, 0.15) is 85.5 Å². The molecule has 0 radical (unpaired) electrons. The van der Waals surface area contributed by atoms with Gasteiger partial charge in [-0.25, -0.2) is 0 Å². The monoisotopic (exact) mass is 819 g/mol. The third-order valence-electron chi connectivity index (χ3n) is 12.5. The lowest BCUT2D eigenvalue weighted by Gasteiger charge is -2.46. The lowest BCUT2D eigenvalue weighted by Crippen LogP contribution is -2.47. The van der Waals surface area contributed by atoms with Gasteiger partial charge in [-0.15, -0.1) is 0 Å². The van der Waals surface area contributed by atoms with Gasteiger partial charge in [0.2, 0.25) is 0 Å². The SMILES string of the molecule is CCc1cc(-c2cccc(O)c2)c(Cc2cc(OC3CCCC3)cc3c2OC[C@H]([C@@H]2[C@@H](CCCOC)Oc4c(cc(OC)c5cc(O)ccc45)[C@@H]2OCNC)[C@@H]3O)cc1O. The molecular formula is C49H57NO10. The van der Waals surface area contributed by atoms with Crippen molar-refractivity contribution in [3.63, 3.8) is 0 Å². The Labute approximate surface area is 351 Å². The second-order valence-electron chi connectivity index (χ2n) is 16.3. The predicted molar refractivity (Wildman–Crippen MR) is 230 cm³/mol. The van der Waals surface area contributed by atoms with Gasteiger partial charge in [0.25, 0.3) is 0 Å². The third kappa shape index (κ3) is 8.28. The molecule has 5 aromatic rings. The quantitative estimate of drug-likeness (QED) is 0.0510. The number of phenolic OH excluding ortho intramolecular Hbond substituents is 3. The van der Waals surface area contributed by atoms with Crippen LogP contribution in [0.4, 0.5) is 0 Å². The van der Waals surface area contributed by atoms with Gasteiger partial charge in [0.1, 0.15) is 46.4 Å². The van der Waals surface area contributed by atoms with Crippen LogP contribution < -0.4 is 24.3 Å². The second kappa shape index (κ2) is 18.2. The zero-order valence-corrected chi connectivity index (χ0v) is 34.9. The van der Waals surface area contributed by atoms with Crippen LogP contribution in [-0.4, -0.2) is 73.8 Å². The van der Waals surface area contributed by atoms with Gasteiger partial charge in [0.15, 0.2) is 0 Å². The Hall–Kier alpha value is -5.20. The molecule has 8 rings (SSSR count). The van der Waals surface area contributed by atoms with Crippen molar-refractivity contribution >= 4 is 10.8 Å². The first-order valence-corrected chi connectivity index (χ1v) is 21.2. The van der Waals surface area contributed by atoms with Crippen molar-refractivity contribution in [1.29, 1.82) is 0 Å². The fraction of sp³-hybridized carbons (Fsp3) is 0.429. The van der Waals surface area contributed by atoms with E-state index in [2.05, 4.69) is 5.32 Å². The number of aryl methyl sites for hydroxylation is 1. The molecule has 0 spiro atoms. The number of hydrogen-bond acceptors (Lipinski definition) is 11. The highest BCUT2D eigenvalue weighted by atomic mass is 16.5. The van der Waals surface area contributed by atoms with Crippen LogP contribution in [0.25, 0.3) is 21.9 Å². The first-order valence-electron chi connectivity index (χ1n) is 21.2. The van der Waals surface area contributed by atoms with E-state index in [0.29, 0.717) is 54.4 Å². The largest absolute Gasteiger partial charge is 0.508 e. The van der Waals surface area contributed by atoms with Crippen molar-refractivity contribution in [1.82, 2.24) is 5.32 Å². The zero-order valence-electron chi connectivity index (χ0n) is 34.9. The summed E-state index contributed by atoms with van der Waals surface area (Å²) in [5, 5.41) is 49.5. The number of aromatic hydroxyl groups is 3. The van der Waals surface area contributed by atoms with Crippen molar-refractivity contribution < 1.29 is 48.8 Å². The standard InChI is InChI=1S/C49H57NO10/c1-5-28-21-37(29-10-8-11-32(51)19-29)30(22-42(28)53)18-31-20-35(59-34-12-6-7-13-34)24-39-46(54)41(26-57-47(31)39)45-43(14-9-17-55-3)60-48-36-16-15-33(52)23-38(36)44(56-4)25-40(48)49(45)58-27-50-2/h8,10-11,15-16,19-25,34,41,43,45-46,49-54H,5-7,9,12-14,17-18,26-27H2,1-4H3/t41-,43-,45-,46-,49+/m1/s1. The zero-order chi connectivity index (χ0) is 41.9. The van der Waals surface area contributed by atoms with Gasteiger partial charge in [-0.2, -0.15) is 0 Å². The van der Waals surface area contributed by atoms with E-state index in [4.69, 9.17) is 28.4 Å². The predicted octanol–water partition coefficient (Wildman–Crippen LogP) is 8.89. The molecule has 5 atom stereocenters. The van der Waals surface area contributed by atoms with Gasteiger partial charge >= 0.3 is 0 Å². The summed E-state index contributed by atoms with van der Waals surface area (Å²) in [5.41, 5.74) is 5.63. The average molecular weight is 820 g/mol. The van der Waals surface area contributed by atoms with Crippen LogP contribution in [-0.2, 0) is 22.3 Å². The topological polar surface area (TPSA) is 148 Å². The Kier molecular flexibility index (Phi) is 12.6. The van der Waals surface area contributed by atoms with E-state index in [1.165, 1.54) is 0 Å². The lowest BCUT2D eigenvalue weighted by molar-refractivity contribution is -0.115. The van der Waals surface area contributed by atoms with Crippen LogP contribution in [0.3, 0.4) is 0 Å². The summed E-state index contributed by atoms with van der Waals surface area (Å²) in [4.78, 5) is 0. The Morgan fingerprint density at radius 1 is 0.833 bits per heavy atom. The number of methoxy groups -OCH3 is 2. The highest BCUT2D eigenvalue weighted by Crippen LogP contribution is 2.55. The number of hydrogen-bond donors (Lipinski definition) is 5. The fourth-order valence-corrected chi connectivity index (χ4v) is 9.63. The maximum absolute atomic E-state index is 12.8. The van der Waals surface area contributed by atoms with Crippen LogP contribution in [0.5, 0.6) is 40.2 Å².